The Hall–Kier alpha value is -2.02. The lowest BCUT2D eigenvalue weighted by atomic mass is 9.93. The van der Waals surface area contributed by atoms with Crippen LogP contribution in [0.4, 0.5) is 5.82 Å². The first-order valence-corrected chi connectivity index (χ1v) is 9.50. The maximum Gasteiger partial charge on any atom is 0.229 e. The highest BCUT2D eigenvalue weighted by molar-refractivity contribution is 7.16. The van der Waals surface area contributed by atoms with Gasteiger partial charge in [0.1, 0.15) is 17.0 Å². The van der Waals surface area contributed by atoms with Crippen molar-refractivity contribution in [3.8, 4) is 0 Å². The molecule has 1 aliphatic carbocycles. The minimum Gasteiger partial charge on any atom is -0.356 e. The number of hydrogen-bond donors (Lipinski definition) is 0. The molecule has 0 bridgehead atoms. The first kappa shape index (κ1) is 14.3. The van der Waals surface area contributed by atoms with Crippen LogP contribution in [0, 0.1) is 5.92 Å². The maximum atomic E-state index is 5.37. The topological polar surface area (TPSA) is 67.9 Å². The summed E-state index contributed by atoms with van der Waals surface area (Å²) < 4.78 is 5.37. The van der Waals surface area contributed by atoms with Crippen LogP contribution in [0.2, 0.25) is 0 Å². The molecule has 0 atom stereocenters. The molecule has 24 heavy (non-hydrogen) atoms. The van der Waals surface area contributed by atoms with Gasteiger partial charge in [-0.15, -0.1) is 11.3 Å². The molecule has 3 aromatic rings. The summed E-state index contributed by atoms with van der Waals surface area (Å²) in [6.07, 6.45) is 7.30. The fraction of sp³-hybridized carbons (Fsp3) is 0.529. The zero-order chi connectivity index (χ0) is 15.9. The van der Waals surface area contributed by atoms with Crippen LogP contribution in [0.1, 0.15) is 43.3 Å². The second-order valence-corrected chi connectivity index (χ2v) is 7.69. The van der Waals surface area contributed by atoms with Gasteiger partial charge in [0, 0.05) is 25.4 Å². The van der Waals surface area contributed by atoms with Crippen molar-refractivity contribution >= 4 is 27.4 Å². The number of anilines is 1. The molecule has 7 heteroatoms. The highest BCUT2D eigenvalue weighted by Crippen LogP contribution is 2.39. The summed E-state index contributed by atoms with van der Waals surface area (Å²) in [5.74, 6) is 3.99. The van der Waals surface area contributed by atoms with E-state index in [0.717, 1.165) is 54.7 Å². The summed E-state index contributed by atoms with van der Waals surface area (Å²) in [5, 5.41) is 7.42. The molecule has 0 unspecified atom stereocenters. The van der Waals surface area contributed by atoms with Crippen molar-refractivity contribution in [2.45, 2.75) is 38.0 Å². The van der Waals surface area contributed by atoms with Gasteiger partial charge in [-0.1, -0.05) is 5.16 Å². The predicted molar refractivity (Wildman–Crippen MR) is 92.3 cm³/mol. The van der Waals surface area contributed by atoms with E-state index in [0.29, 0.717) is 11.8 Å². The molecule has 124 valence electrons. The van der Waals surface area contributed by atoms with E-state index in [1.165, 1.54) is 18.2 Å². The van der Waals surface area contributed by atoms with Gasteiger partial charge in [-0.25, -0.2) is 9.97 Å². The molecule has 0 N–H and O–H groups in total. The Labute approximate surface area is 143 Å². The molecule has 6 nitrogen and oxygen atoms in total. The largest absolute Gasteiger partial charge is 0.356 e. The zero-order valence-electron chi connectivity index (χ0n) is 13.4. The number of thiophene rings is 1. The molecule has 2 aliphatic rings. The molecule has 2 fully saturated rings. The van der Waals surface area contributed by atoms with Crippen molar-refractivity contribution in [1.29, 1.82) is 0 Å². The monoisotopic (exact) mass is 341 g/mol. The summed E-state index contributed by atoms with van der Waals surface area (Å²) in [4.78, 5) is 16.9. The molecule has 0 radical (unpaired) electrons. The van der Waals surface area contributed by atoms with Crippen LogP contribution in [-0.2, 0) is 6.42 Å². The van der Waals surface area contributed by atoms with Crippen LogP contribution in [-0.4, -0.2) is 33.2 Å². The Morgan fingerprint density at radius 3 is 2.88 bits per heavy atom. The van der Waals surface area contributed by atoms with Gasteiger partial charge in [0.25, 0.3) is 0 Å². The summed E-state index contributed by atoms with van der Waals surface area (Å²) in [5.41, 5.74) is 0. The fourth-order valence-electron chi connectivity index (χ4n) is 3.48. The third-order valence-corrected chi connectivity index (χ3v) is 5.86. The van der Waals surface area contributed by atoms with E-state index in [4.69, 9.17) is 4.52 Å². The lowest BCUT2D eigenvalue weighted by molar-refractivity contribution is 0.358. The number of aromatic nitrogens is 4. The van der Waals surface area contributed by atoms with E-state index >= 15 is 0 Å². The summed E-state index contributed by atoms with van der Waals surface area (Å²) in [6, 6.07) is 2.13. The molecule has 5 rings (SSSR count). The van der Waals surface area contributed by atoms with Gasteiger partial charge in [-0.05, 0) is 43.0 Å². The lowest BCUT2D eigenvalue weighted by Gasteiger charge is -2.32. The maximum absolute atomic E-state index is 5.37. The average molecular weight is 341 g/mol. The normalized spacial score (nSPS) is 19.2. The first-order valence-electron chi connectivity index (χ1n) is 8.62. The van der Waals surface area contributed by atoms with Crippen molar-refractivity contribution in [3.05, 3.63) is 29.5 Å². The molecule has 0 aromatic carbocycles. The number of nitrogens with zero attached hydrogens (tertiary/aromatic N) is 5. The Bertz CT molecular complexity index is 847. The lowest BCUT2D eigenvalue weighted by Crippen LogP contribution is -2.35. The van der Waals surface area contributed by atoms with E-state index in [1.54, 1.807) is 17.7 Å². The smallest absolute Gasteiger partial charge is 0.229 e. The third kappa shape index (κ3) is 2.66. The zero-order valence-corrected chi connectivity index (χ0v) is 14.2. The van der Waals surface area contributed by atoms with Crippen LogP contribution >= 0.6 is 11.3 Å². The number of hydrogen-bond acceptors (Lipinski definition) is 7. The van der Waals surface area contributed by atoms with E-state index in [2.05, 4.69) is 36.5 Å². The van der Waals surface area contributed by atoms with Crippen molar-refractivity contribution < 1.29 is 4.52 Å². The van der Waals surface area contributed by atoms with Crippen molar-refractivity contribution in [3.63, 3.8) is 0 Å². The summed E-state index contributed by atoms with van der Waals surface area (Å²) >= 11 is 1.67. The van der Waals surface area contributed by atoms with Gasteiger partial charge in [-0.3, -0.25) is 0 Å². The molecule has 1 aliphatic heterocycles. The SMILES string of the molecule is c1nc(N2CCC(Cc3noc(C4CC4)n3)CC2)c2ccsc2n1. The third-order valence-electron chi connectivity index (χ3n) is 5.04. The van der Waals surface area contributed by atoms with E-state index < -0.39 is 0 Å². The molecule has 1 saturated carbocycles. The fourth-order valence-corrected chi connectivity index (χ4v) is 4.21. The highest BCUT2D eigenvalue weighted by Gasteiger charge is 2.30. The molecular formula is C17H19N5OS. The second-order valence-electron chi connectivity index (χ2n) is 6.79. The van der Waals surface area contributed by atoms with Gasteiger partial charge in [0.05, 0.1) is 5.39 Å². The highest BCUT2D eigenvalue weighted by atomic mass is 32.1. The van der Waals surface area contributed by atoms with Gasteiger partial charge >= 0.3 is 0 Å². The van der Waals surface area contributed by atoms with Gasteiger partial charge < -0.3 is 9.42 Å². The van der Waals surface area contributed by atoms with E-state index in [1.807, 2.05) is 0 Å². The molecule has 4 heterocycles. The van der Waals surface area contributed by atoms with Gasteiger partial charge in [0.15, 0.2) is 5.82 Å². The van der Waals surface area contributed by atoms with Crippen LogP contribution in [0.5, 0.6) is 0 Å². The van der Waals surface area contributed by atoms with Crippen LogP contribution in [0.15, 0.2) is 22.3 Å². The molecular weight excluding hydrogens is 322 g/mol. The number of fused-ring (bicyclic) bond motifs is 1. The Morgan fingerprint density at radius 1 is 1.17 bits per heavy atom. The quantitative estimate of drug-likeness (QED) is 0.724. The number of rotatable bonds is 4. The van der Waals surface area contributed by atoms with E-state index in [9.17, 15) is 0 Å². The van der Waals surface area contributed by atoms with E-state index in [-0.39, 0.29) is 0 Å². The predicted octanol–water partition coefficient (Wildman–Crippen LogP) is 3.41. The summed E-state index contributed by atoms with van der Waals surface area (Å²) in [7, 11) is 0. The molecule has 1 saturated heterocycles. The molecule has 0 spiro atoms. The Balaban J connectivity index is 1.24. The standard InChI is InChI=1S/C17H19N5OS/c1-2-12(1)16-20-14(21-23-16)9-11-3-6-22(7-4-11)15-13-5-8-24-17(13)19-10-18-15/h5,8,10-12H,1-4,6-7,9H2. The average Bonchev–Trinajstić information content (AvgIpc) is 3.17. The minimum atomic E-state index is 0.541. The Kier molecular flexibility index (Phi) is 3.47. The Morgan fingerprint density at radius 2 is 2.04 bits per heavy atom. The van der Waals surface area contributed by atoms with Crippen LogP contribution < -0.4 is 4.90 Å². The van der Waals surface area contributed by atoms with Crippen LogP contribution in [0.3, 0.4) is 0 Å². The second kappa shape index (κ2) is 5.81. The van der Waals surface area contributed by atoms with Crippen molar-refractivity contribution in [1.82, 2.24) is 20.1 Å². The molecule has 0 amide bonds. The van der Waals surface area contributed by atoms with Gasteiger partial charge in [0.2, 0.25) is 5.89 Å². The van der Waals surface area contributed by atoms with Crippen molar-refractivity contribution in [2.75, 3.05) is 18.0 Å². The first-order chi connectivity index (χ1) is 11.9. The summed E-state index contributed by atoms with van der Waals surface area (Å²) in [6.45, 7) is 2.06. The van der Waals surface area contributed by atoms with Gasteiger partial charge in [-0.2, -0.15) is 4.98 Å². The molecule has 3 aromatic heterocycles. The van der Waals surface area contributed by atoms with Crippen LogP contribution in [0.25, 0.3) is 10.2 Å². The minimum absolute atomic E-state index is 0.541. The van der Waals surface area contributed by atoms with Crippen molar-refractivity contribution in [2.24, 2.45) is 5.92 Å². The number of piperidine rings is 1.